The number of carbonyl (C=O) groups is 3. The SMILES string of the molecule is O=C(CCc1nc2ccccc2c(=O)[nH]1)OC1CCCCN(C(=O)c2ccc(F)cc2)C1=O. The first-order chi connectivity index (χ1) is 15.9. The number of rotatable bonds is 5. The number of H-pyrrole nitrogens is 1. The number of imide groups is 1. The van der Waals surface area contributed by atoms with Crippen molar-refractivity contribution in [3.63, 3.8) is 0 Å². The average Bonchev–Trinajstić information content (AvgIpc) is 2.99. The molecule has 1 aliphatic rings. The van der Waals surface area contributed by atoms with Gasteiger partial charge in [-0.25, -0.2) is 9.37 Å². The van der Waals surface area contributed by atoms with E-state index in [9.17, 15) is 23.6 Å². The quantitative estimate of drug-likeness (QED) is 0.472. The number of ether oxygens (including phenoxy) is 1. The van der Waals surface area contributed by atoms with E-state index in [4.69, 9.17) is 4.74 Å². The largest absolute Gasteiger partial charge is 0.452 e. The maximum Gasteiger partial charge on any atom is 0.307 e. The van der Waals surface area contributed by atoms with Gasteiger partial charge in [-0.2, -0.15) is 0 Å². The molecule has 2 aromatic carbocycles. The molecule has 0 radical (unpaired) electrons. The molecule has 1 fully saturated rings. The molecule has 0 spiro atoms. The third-order valence-corrected chi connectivity index (χ3v) is 5.48. The highest BCUT2D eigenvalue weighted by molar-refractivity contribution is 6.06. The number of fused-ring (bicyclic) bond motifs is 1. The average molecular weight is 451 g/mol. The van der Waals surface area contributed by atoms with Crippen LogP contribution in [0.5, 0.6) is 0 Å². The van der Waals surface area contributed by atoms with Crippen molar-refractivity contribution >= 4 is 28.7 Å². The summed E-state index contributed by atoms with van der Waals surface area (Å²) in [4.78, 5) is 58.3. The fraction of sp³-hybridized carbons (Fsp3) is 0.292. The molecule has 0 aliphatic carbocycles. The number of benzene rings is 2. The van der Waals surface area contributed by atoms with Gasteiger partial charge in [0.15, 0.2) is 6.10 Å². The topological polar surface area (TPSA) is 109 Å². The van der Waals surface area contributed by atoms with Crippen LogP contribution in [0.1, 0.15) is 41.9 Å². The lowest BCUT2D eigenvalue weighted by Gasteiger charge is -2.22. The number of nitrogens with zero attached hydrogens (tertiary/aromatic N) is 2. The Labute approximate surface area is 188 Å². The van der Waals surface area contributed by atoms with Crippen LogP contribution in [-0.2, 0) is 20.7 Å². The van der Waals surface area contributed by atoms with Gasteiger partial charge < -0.3 is 9.72 Å². The highest BCUT2D eigenvalue weighted by Gasteiger charge is 2.34. The van der Waals surface area contributed by atoms with Gasteiger partial charge in [-0.3, -0.25) is 24.1 Å². The molecule has 1 aliphatic heterocycles. The number of nitrogens with one attached hydrogen (secondary N) is 1. The summed E-state index contributed by atoms with van der Waals surface area (Å²) < 4.78 is 18.6. The Morgan fingerprint density at radius 3 is 2.64 bits per heavy atom. The van der Waals surface area contributed by atoms with Crippen molar-refractivity contribution in [2.45, 2.75) is 38.2 Å². The Bertz CT molecular complexity index is 1250. The third kappa shape index (κ3) is 5.14. The lowest BCUT2D eigenvalue weighted by Crippen LogP contribution is -2.43. The molecule has 1 aromatic heterocycles. The molecule has 0 saturated carbocycles. The van der Waals surface area contributed by atoms with E-state index in [-0.39, 0.29) is 30.5 Å². The molecule has 33 heavy (non-hydrogen) atoms. The van der Waals surface area contributed by atoms with Gasteiger partial charge in [0.05, 0.1) is 17.3 Å². The summed E-state index contributed by atoms with van der Waals surface area (Å²) in [5.74, 6) is -1.91. The van der Waals surface area contributed by atoms with Gasteiger partial charge in [-0.1, -0.05) is 12.1 Å². The second-order valence-electron chi connectivity index (χ2n) is 7.81. The minimum Gasteiger partial charge on any atom is -0.452 e. The Balaban J connectivity index is 1.40. The molecule has 3 aromatic rings. The van der Waals surface area contributed by atoms with E-state index in [0.717, 1.165) is 17.0 Å². The van der Waals surface area contributed by atoms with Crippen LogP contribution in [0.15, 0.2) is 53.3 Å². The Kier molecular flexibility index (Phi) is 6.58. The maximum absolute atomic E-state index is 13.2. The van der Waals surface area contributed by atoms with Gasteiger partial charge in [0.25, 0.3) is 17.4 Å². The number of carbonyl (C=O) groups excluding carboxylic acids is 3. The van der Waals surface area contributed by atoms with Crippen LogP contribution in [0.2, 0.25) is 0 Å². The van der Waals surface area contributed by atoms with Crippen molar-refractivity contribution in [1.29, 1.82) is 0 Å². The number of amides is 2. The van der Waals surface area contributed by atoms with Crippen LogP contribution in [0.4, 0.5) is 4.39 Å². The lowest BCUT2D eigenvalue weighted by molar-refractivity contribution is -0.158. The number of aromatic nitrogens is 2. The van der Waals surface area contributed by atoms with E-state index in [0.29, 0.717) is 36.0 Å². The molecule has 8 nitrogen and oxygen atoms in total. The van der Waals surface area contributed by atoms with E-state index in [1.165, 1.54) is 12.1 Å². The van der Waals surface area contributed by atoms with E-state index in [1.807, 2.05) is 0 Å². The molecule has 1 saturated heterocycles. The van der Waals surface area contributed by atoms with Crippen molar-refractivity contribution in [2.24, 2.45) is 0 Å². The second kappa shape index (κ2) is 9.72. The van der Waals surface area contributed by atoms with E-state index in [2.05, 4.69) is 9.97 Å². The molecular formula is C24H22FN3O5. The standard InChI is InChI=1S/C24H22FN3O5/c25-16-10-8-15(9-11-16)23(31)28-14-4-3-7-19(24(28)32)33-21(29)13-12-20-26-18-6-2-1-5-17(18)22(30)27-20/h1-2,5-6,8-11,19H,3-4,7,12-14H2,(H,26,27,30). The van der Waals surface area contributed by atoms with Gasteiger partial charge >= 0.3 is 5.97 Å². The number of hydrogen-bond acceptors (Lipinski definition) is 6. The number of hydrogen-bond donors (Lipinski definition) is 1. The Hall–Kier alpha value is -3.88. The molecular weight excluding hydrogens is 429 g/mol. The van der Waals surface area contributed by atoms with Crippen LogP contribution >= 0.6 is 0 Å². The fourth-order valence-corrected chi connectivity index (χ4v) is 3.76. The molecule has 4 rings (SSSR count). The predicted molar refractivity (Wildman–Crippen MR) is 117 cm³/mol. The van der Waals surface area contributed by atoms with Crippen molar-refractivity contribution in [1.82, 2.24) is 14.9 Å². The zero-order valence-electron chi connectivity index (χ0n) is 17.8. The number of halogens is 1. The highest BCUT2D eigenvalue weighted by atomic mass is 19.1. The molecule has 2 heterocycles. The molecule has 9 heteroatoms. The first-order valence-electron chi connectivity index (χ1n) is 10.7. The van der Waals surface area contributed by atoms with Gasteiger partial charge in [0, 0.05) is 18.5 Å². The van der Waals surface area contributed by atoms with Crippen molar-refractivity contribution in [2.75, 3.05) is 6.54 Å². The summed E-state index contributed by atoms with van der Waals surface area (Å²) in [6.45, 7) is 0.200. The zero-order valence-corrected chi connectivity index (χ0v) is 17.8. The van der Waals surface area contributed by atoms with Gasteiger partial charge in [0.2, 0.25) is 0 Å². The minimum absolute atomic E-state index is 0.0863. The van der Waals surface area contributed by atoms with Crippen LogP contribution < -0.4 is 5.56 Å². The summed E-state index contributed by atoms with van der Waals surface area (Å²) in [6.07, 6.45) is 0.469. The normalized spacial score (nSPS) is 16.5. The smallest absolute Gasteiger partial charge is 0.307 e. The molecule has 1 unspecified atom stereocenters. The van der Waals surface area contributed by atoms with E-state index >= 15 is 0 Å². The number of esters is 1. The Morgan fingerprint density at radius 2 is 1.85 bits per heavy atom. The lowest BCUT2D eigenvalue weighted by atomic mass is 10.1. The molecule has 170 valence electrons. The number of aromatic amines is 1. The molecule has 1 N–H and O–H groups in total. The van der Waals surface area contributed by atoms with Crippen LogP contribution in [0.25, 0.3) is 10.9 Å². The zero-order chi connectivity index (χ0) is 23.4. The predicted octanol–water partition coefficient (Wildman–Crippen LogP) is 2.76. The summed E-state index contributed by atoms with van der Waals surface area (Å²) in [5.41, 5.74) is 0.416. The maximum atomic E-state index is 13.2. The number of aryl methyl sites for hydroxylation is 1. The molecule has 1 atom stereocenters. The monoisotopic (exact) mass is 451 g/mol. The van der Waals surface area contributed by atoms with Crippen LogP contribution in [0, 0.1) is 5.82 Å². The van der Waals surface area contributed by atoms with E-state index in [1.54, 1.807) is 24.3 Å². The number of likely N-dealkylation sites (tertiary alicyclic amines) is 1. The molecule has 2 amide bonds. The summed E-state index contributed by atoms with van der Waals surface area (Å²) in [7, 11) is 0. The fourth-order valence-electron chi connectivity index (χ4n) is 3.76. The summed E-state index contributed by atoms with van der Waals surface area (Å²) >= 11 is 0. The second-order valence-corrected chi connectivity index (χ2v) is 7.81. The van der Waals surface area contributed by atoms with Crippen molar-refractivity contribution < 1.29 is 23.5 Å². The number of para-hydroxylation sites is 1. The minimum atomic E-state index is -1.08. The van der Waals surface area contributed by atoms with E-state index < -0.39 is 29.7 Å². The highest BCUT2D eigenvalue weighted by Crippen LogP contribution is 2.19. The first kappa shape index (κ1) is 22.3. The Morgan fingerprint density at radius 1 is 1.09 bits per heavy atom. The van der Waals surface area contributed by atoms with Gasteiger partial charge in [-0.05, 0) is 55.7 Å². The summed E-state index contributed by atoms with van der Waals surface area (Å²) in [6, 6.07) is 11.8. The summed E-state index contributed by atoms with van der Waals surface area (Å²) in [5, 5.41) is 0.457. The van der Waals surface area contributed by atoms with Gasteiger partial charge in [0.1, 0.15) is 11.6 Å². The first-order valence-corrected chi connectivity index (χ1v) is 10.7. The third-order valence-electron chi connectivity index (χ3n) is 5.48. The van der Waals surface area contributed by atoms with Gasteiger partial charge in [-0.15, -0.1) is 0 Å². The van der Waals surface area contributed by atoms with Crippen LogP contribution in [-0.4, -0.2) is 45.3 Å². The van der Waals surface area contributed by atoms with Crippen LogP contribution in [0.3, 0.4) is 0 Å². The van der Waals surface area contributed by atoms with Crippen molar-refractivity contribution in [3.8, 4) is 0 Å². The van der Waals surface area contributed by atoms with Crippen molar-refractivity contribution in [3.05, 3.63) is 76.1 Å². The molecule has 0 bridgehead atoms.